The largest absolute Gasteiger partial charge is 0.485 e. The summed E-state index contributed by atoms with van der Waals surface area (Å²) in [6, 6.07) is 4.09. The van der Waals surface area contributed by atoms with Crippen molar-refractivity contribution in [3.63, 3.8) is 0 Å². The highest BCUT2D eigenvalue weighted by Crippen LogP contribution is 2.20. The monoisotopic (exact) mass is 302 g/mol. The van der Waals surface area contributed by atoms with E-state index in [1.807, 2.05) is 22.6 Å². The molecule has 0 saturated heterocycles. The summed E-state index contributed by atoms with van der Waals surface area (Å²) in [5, 5.41) is 0. The van der Waals surface area contributed by atoms with E-state index >= 15 is 0 Å². The Bertz CT molecular complexity index is 291. The normalized spacial score (nSPS) is 10.5. The van der Waals surface area contributed by atoms with Gasteiger partial charge in [-0.05, 0) is 40.8 Å². The fourth-order valence-electron chi connectivity index (χ4n) is 0.741. The number of benzene rings is 1. The van der Waals surface area contributed by atoms with Gasteiger partial charge in [-0.1, -0.05) is 0 Å². The first-order valence-electron chi connectivity index (χ1n) is 3.45. The molecule has 0 amide bonds. The highest BCUT2D eigenvalue weighted by Gasteiger charge is 2.07. The number of hydrogen-bond acceptors (Lipinski definition) is 1. The van der Waals surface area contributed by atoms with Gasteiger partial charge in [0, 0.05) is 3.57 Å². The predicted octanol–water partition coefficient (Wildman–Crippen LogP) is 3.07. The smallest absolute Gasteiger partial charge is 0.272 e. The van der Waals surface area contributed by atoms with Crippen molar-refractivity contribution in [2.75, 3.05) is 6.61 Å². The maximum Gasteiger partial charge on any atom is 0.272 e. The van der Waals surface area contributed by atoms with E-state index in [2.05, 4.69) is 4.74 Å². The van der Waals surface area contributed by atoms with E-state index in [1.54, 1.807) is 0 Å². The van der Waals surface area contributed by atoms with Gasteiger partial charge in [-0.15, -0.1) is 0 Å². The van der Waals surface area contributed by atoms with E-state index < -0.39 is 18.8 Å². The molecule has 0 aliphatic heterocycles. The molecule has 0 aromatic heterocycles. The van der Waals surface area contributed by atoms with E-state index in [1.165, 1.54) is 18.2 Å². The Labute approximate surface area is 87.0 Å². The first-order valence-corrected chi connectivity index (χ1v) is 4.53. The molecule has 0 fully saturated rings. The average molecular weight is 302 g/mol. The van der Waals surface area contributed by atoms with Crippen LogP contribution < -0.4 is 4.74 Å². The molecule has 0 bridgehead atoms. The van der Waals surface area contributed by atoms with Crippen molar-refractivity contribution in [2.24, 2.45) is 0 Å². The lowest BCUT2D eigenvalue weighted by atomic mass is 10.3. The molecule has 0 N–H and O–H groups in total. The summed E-state index contributed by atoms with van der Waals surface area (Å²) in [5.41, 5.74) is 0. The van der Waals surface area contributed by atoms with Crippen molar-refractivity contribution in [3.8, 4) is 5.75 Å². The van der Waals surface area contributed by atoms with E-state index in [9.17, 15) is 13.2 Å². The van der Waals surface area contributed by atoms with Crippen molar-refractivity contribution < 1.29 is 17.9 Å². The second-order valence-corrected chi connectivity index (χ2v) is 3.52. The lowest BCUT2D eigenvalue weighted by Gasteiger charge is -2.06. The summed E-state index contributed by atoms with van der Waals surface area (Å²) in [4.78, 5) is 0. The lowest BCUT2D eigenvalue weighted by Crippen LogP contribution is -2.08. The standard InChI is InChI=1S/C8H6F3IO/c9-6-2-1-5(12)3-7(6)13-4-8(10)11/h1-3,8H,4H2. The summed E-state index contributed by atoms with van der Waals surface area (Å²) < 4.78 is 41.5. The third-order valence-corrected chi connectivity index (χ3v) is 1.93. The number of hydrogen-bond donors (Lipinski definition) is 0. The Balaban J connectivity index is 2.70. The zero-order valence-corrected chi connectivity index (χ0v) is 8.59. The van der Waals surface area contributed by atoms with Gasteiger partial charge in [0.05, 0.1) is 0 Å². The third-order valence-electron chi connectivity index (χ3n) is 1.26. The minimum absolute atomic E-state index is 0.132. The van der Waals surface area contributed by atoms with E-state index in [4.69, 9.17) is 0 Å². The van der Waals surface area contributed by atoms with Crippen LogP contribution in [0.2, 0.25) is 0 Å². The molecule has 0 aliphatic rings. The van der Waals surface area contributed by atoms with Crippen molar-refractivity contribution in [1.82, 2.24) is 0 Å². The molecule has 1 aromatic carbocycles. The molecule has 1 aromatic rings. The average Bonchev–Trinajstić information content (AvgIpc) is 2.06. The van der Waals surface area contributed by atoms with Gasteiger partial charge in [0.25, 0.3) is 6.43 Å². The van der Waals surface area contributed by atoms with Crippen LogP contribution >= 0.6 is 22.6 Å². The highest BCUT2D eigenvalue weighted by atomic mass is 127. The summed E-state index contributed by atoms with van der Waals surface area (Å²) in [5.74, 6) is -0.756. The van der Waals surface area contributed by atoms with Crippen molar-refractivity contribution in [2.45, 2.75) is 6.43 Å². The number of rotatable bonds is 3. The van der Waals surface area contributed by atoms with Crippen molar-refractivity contribution >= 4 is 22.6 Å². The van der Waals surface area contributed by atoms with Crippen LogP contribution in [0.3, 0.4) is 0 Å². The van der Waals surface area contributed by atoms with Crippen LogP contribution in [0.4, 0.5) is 13.2 Å². The Morgan fingerprint density at radius 2 is 2.08 bits per heavy atom. The van der Waals surface area contributed by atoms with Crippen LogP contribution in [0.5, 0.6) is 5.75 Å². The second-order valence-electron chi connectivity index (χ2n) is 2.28. The molecule has 0 heterocycles. The van der Waals surface area contributed by atoms with Crippen LogP contribution in [0.25, 0.3) is 0 Å². The van der Waals surface area contributed by atoms with Gasteiger partial charge in [0.15, 0.2) is 11.6 Å². The Morgan fingerprint density at radius 1 is 1.38 bits per heavy atom. The number of halogens is 4. The van der Waals surface area contributed by atoms with Crippen molar-refractivity contribution in [3.05, 3.63) is 27.6 Å². The molecule has 0 aliphatic carbocycles. The molecule has 13 heavy (non-hydrogen) atoms. The molecule has 0 unspecified atom stereocenters. The first kappa shape index (κ1) is 10.6. The Morgan fingerprint density at radius 3 is 2.69 bits per heavy atom. The maximum atomic E-state index is 12.8. The minimum Gasteiger partial charge on any atom is -0.485 e. The van der Waals surface area contributed by atoms with Crippen LogP contribution in [0, 0.1) is 9.39 Å². The summed E-state index contributed by atoms with van der Waals surface area (Å²) in [6.07, 6.45) is -2.59. The summed E-state index contributed by atoms with van der Waals surface area (Å²) in [6.45, 7) is -0.781. The van der Waals surface area contributed by atoms with E-state index in [0.717, 1.165) is 3.57 Å². The first-order chi connectivity index (χ1) is 6.09. The van der Waals surface area contributed by atoms with Crippen molar-refractivity contribution in [1.29, 1.82) is 0 Å². The van der Waals surface area contributed by atoms with Crippen LogP contribution in [-0.2, 0) is 0 Å². The van der Waals surface area contributed by atoms with E-state index in [-0.39, 0.29) is 5.75 Å². The third kappa shape index (κ3) is 3.41. The van der Waals surface area contributed by atoms with E-state index in [0.29, 0.717) is 0 Å². The van der Waals surface area contributed by atoms with Crippen LogP contribution in [-0.4, -0.2) is 13.0 Å². The number of ether oxygens (including phenoxy) is 1. The van der Waals surface area contributed by atoms with Crippen LogP contribution in [0.1, 0.15) is 0 Å². The SMILES string of the molecule is Fc1ccc(I)cc1OCC(F)F. The molecule has 0 spiro atoms. The predicted molar refractivity (Wildman–Crippen MR) is 50.6 cm³/mol. The van der Waals surface area contributed by atoms with Gasteiger partial charge in [-0.2, -0.15) is 0 Å². The van der Waals surface area contributed by atoms with Gasteiger partial charge in [0.1, 0.15) is 6.61 Å². The Hall–Kier alpha value is -0.460. The molecule has 0 saturated carbocycles. The molecular formula is C8H6F3IO. The fraction of sp³-hybridized carbons (Fsp3) is 0.250. The zero-order valence-electron chi connectivity index (χ0n) is 6.44. The molecule has 72 valence electrons. The zero-order chi connectivity index (χ0) is 9.84. The topological polar surface area (TPSA) is 9.23 Å². The molecule has 0 radical (unpaired) electrons. The van der Waals surface area contributed by atoms with Gasteiger partial charge >= 0.3 is 0 Å². The molecule has 1 rings (SSSR count). The summed E-state index contributed by atoms with van der Waals surface area (Å²) in [7, 11) is 0. The lowest BCUT2D eigenvalue weighted by molar-refractivity contribution is 0.0799. The fourth-order valence-corrected chi connectivity index (χ4v) is 1.20. The van der Waals surface area contributed by atoms with Gasteiger partial charge in [0.2, 0.25) is 0 Å². The second kappa shape index (κ2) is 4.69. The quantitative estimate of drug-likeness (QED) is 0.780. The Kier molecular flexibility index (Phi) is 3.83. The summed E-state index contributed by atoms with van der Waals surface area (Å²) >= 11 is 1.94. The van der Waals surface area contributed by atoms with Crippen LogP contribution in [0.15, 0.2) is 18.2 Å². The maximum absolute atomic E-state index is 12.8. The molecular weight excluding hydrogens is 296 g/mol. The number of alkyl halides is 2. The molecule has 1 nitrogen and oxygen atoms in total. The minimum atomic E-state index is -2.59. The van der Waals surface area contributed by atoms with Gasteiger partial charge < -0.3 is 4.74 Å². The highest BCUT2D eigenvalue weighted by molar-refractivity contribution is 14.1. The molecule has 0 atom stereocenters. The van der Waals surface area contributed by atoms with Gasteiger partial charge in [-0.3, -0.25) is 0 Å². The van der Waals surface area contributed by atoms with Gasteiger partial charge in [-0.25, -0.2) is 13.2 Å². The molecule has 5 heteroatoms.